The molecule has 0 unspecified atom stereocenters. The SMILES string of the molecule is CCCc1cc(C)[nH]c(=O)c1CNC(=O)c1cc(Cl)cc2c1c(C)c(CCN)n2C(C)C.Cl. The summed E-state index contributed by atoms with van der Waals surface area (Å²) >= 11 is 6.44. The number of benzene rings is 1. The van der Waals surface area contributed by atoms with Crippen molar-refractivity contribution in [2.45, 2.75) is 66.5 Å². The van der Waals surface area contributed by atoms with Crippen LogP contribution in [0.4, 0.5) is 0 Å². The van der Waals surface area contributed by atoms with Crippen LogP contribution in [-0.2, 0) is 19.4 Å². The van der Waals surface area contributed by atoms with Crippen molar-refractivity contribution in [2.24, 2.45) is 5.73 Å². The number of carbonyl (C=O) groups excluding carboxylic acids is 1. The topological polar surface area (TPSA) is 92.9 Å². The fraction of sp³-hybridized carbons (Fsp3) is 0.440. The molecular formula is C25H34Cl2N4O2. The summed E-state index contributed by atoms with van der Waals surface area (Å²) in [6.45, 7) is 10.9. The van der Waals surface area contributed by atoms with Gasteiger partial charge in [0.1, 0.15) is 0 Å². The third-order valence-electron chi connectivity index (χ3n) is 5.89. The van der Waals surface area contributed by atoms with E-state index in [1.165, 1.54) is 0 Å². The zero-order valence-corrected chi connectivity index (χ0v) is 21.5. The van der Waals surface area contributed by atoms with Crippen molar-refractivity contribution in [3.05, 3.63) is 67.2 Å². The molecule has 0 spiro atoms. The summed E-state index contributed by atoms with van der Waals surface area (Å²) in [5, 5.41) is 4.35. The molecule has 1 aromatic carbocycles. The highest BCUT2D eigenvalue weighted by Gasteiger charge is 2.22. The second-order valence-electron chi connectivity index (χ2n) is 8.64. The summed E-state index contributed by atoms with van der Waals surface area (Å²) in [4.78, 5) is 28.7. The van der Waals surface area contributed by atoms with Gasteiger partial charge in [0.2, 0.25) is 0 Å². The molecule has 0 aliphatic heterocycles. The Morgan fingerprint density at radius 2 is 1.91 bits per heavy atom. The Bertz CT molecular complexity index is 1210. The number of nitrogens with two attached hydrogens (primary N) is 1. The average molecular weight is 493 g/mol. The first-order valence-electron chi connectivity index (χ1n) is 11.2. The molecule has 3 rings (SSSR count). The number of hydrogen-bond acceptors (Lipinski definition) is 3. The second kappa shape index (κ2) is 11.2. The molecule has 8 heteroatoms. The number of pyridine rings is 1. The maximum atomic E-state index is 13.3. The molecule has 0 aliphatic carbocycles. The quantitative estimate of drug-likeness (QED) is 0.413. The number of carbonyl (C=O) groups is 1. The molecular weight excluding hydrogens is 459 g/mol. The van der Waals surface area contributed by atoms with Gasteiger partial charge in [-0.05, 0) is 70.0 Å². The summed E-state index contributed by atoms with van der Waals surface area (Å²) in [6.07, 6.45) is 2.43. The van der Waals surface area contributed by atoms with Crippen LogP contribution in [0.5, 0.6) is 0 Å². The molecule has 0 aliphatic rings. The number of amides is 1. The third-order valence-corrected chi connectivity index (χ3v) is 6.11. The molecule has 1 amide bonds. The van der Waals surface area contributed by atoms with Crippen molar-refractivity contribution < 1.29 is 4.79 Å². The maximum absolute atomic E-state index is 13.3. The minimum absolute atomic E-state index is 0. The van der Waals surface area contributed by atoms with Crippen LogP contribution in [0, 0.1) is 13.8 Å². The molecule has 0 atom stereocenters. The number of nitrogens with one attached hydrogen (secondary N) is 2. The fourth-order valence-electron chi connectivity index (χ4n) is 4.60. The van der Waals surface area contributed by atoms with Gasteiger partial charge in [0.25, 0.3) is 11.5 Å². The van der Waals surface area contributed by atoms with E-state index in [0.29, 0.717) is 22.7 Å². The lowest BCUT2D eigenvalue weighted by Gasteiger charge is -2.15. The number of aromatic amines is 1. The van der Waals surface area contributed by atoms with Gasteiger partial charge < -0.3 is 20.6 Å². The van der Waals surface area contributed by atoms with E-state index in [4.69, 9.17) is 17.3 Å². The first-order valence-corrected chi connectivity index (χ1v) is 11.6. The van der Waals surface area contributed by atoms with Gasteiger partial charge in [0.15, 0.2) is 0 Å². The van der Waals surface area contributed by atoms with Crippen LogP contribution in [0.1, 0.15) is 71.7 Å². The lowest BCUT2D eigenvalue weighted by molar-refractivity contribution is 0.0952. The van der Waals surface area contributed by atoms with Gasteiger partial charge >= 0.3 is 0 Å². The number of aryl methyl sites for hydroxylation is 3. The minimum Gasteiger partial charge on any atom is -0.348 e. The molecule has 0 bridgehead atoms. The van der Waals surface area contributed by atoms with Crippen LogP contribution in [0.15, 0.2) is 23.0 Å². The highest BCUT2D eigenvalue weighted by atomic mass is 35.5. The molecule has 2 aromatic heterocycles. The zero-order valence-electron chi connectivity index (χ0n) is 20.0. The maximum Gasteiger partial charge on any atom is 0.253 e. The van der Waals surface area contributed by atoms with E-state index in [1.54, 1.807) is 6.07 Å². The van der Waals surface area contributed by atoms with Crippen molar-refractivity contribution in [1.82, 2.24) is 14.9 Å². The normalized spacial score (nSPS) is 11.2. The monoisotopic (exact) mass is 492 g/mol. The van der Waals surface area contributed by atoms with Gasteiger partial charge in [-0.3, -0.25) is 9.59 Å². The Hall–Kier alpha value is -2.28. The van der Waals surface area contributed by atoms with Crippen molar-refractivity contribution in [3.63, 3.8) is 0 Å². The average Bonchev–Trinajstić information content (AvgIpc) is 2.98. The number of aromatic nitrogens is 2. The van der Waals surface area contributed by atoms with Crippen LogP contribution in [0.2, 0.25) is 5.02 Å². The molecule has 0 radical (unpaired) electrons. The largest absolute Gasteiger partial charge is 0.348 e. The number of halogens is 2. The van der Waals surface area contributed by atoms with E-state index < -0.39 is 0 Å². The van der Waals surface area contributed by atoms with Gasteiger partial charge in [-0.2, -0.15) is 0 Å². The molecule has 2 heterocycles. The zero-order chi connectivity index (χ0) is 23.6. The van der Waals surface area contributed by atoms with Crippen LogP contribution >= 0.6 is 24.0 Å². The summed E-state index contributed by atoms with van der Waals surface area (Å²) in [6, 6.07) is 5.79. The number of H-pyrrole nitrogens is 1. The summed E-state index contributed by atoms with van der Waals surface area (Å²) < 4.78 is 2.21. The van der Waals surface area contributed by atoms with Gasteiger partial charge in [0, 0.05) is 46.4 Å². The number of rotatable bonds is 8. The van der Waals surface area contributed by atoms with Gasteiger partial charge in [0.05, 0.1) is 11.1 Å². The molecule has 3 aromatic rings. The molecule has 180 valence electrons. The Balaban J connectivity index is 0.00000385. The van der Waals surface area contributed by atoms with Crippen molar-refractivity contribution in [1.29, 1.82) is 0 Å². The van der Waals surface area contributed by atoms with Crippen molar-refractivity contribution in [2.75, 3.05) is 6.54 Å². The summed E-state index contributed by atoms with van der Waals surface area (Å²) in [5.41, 5.74) is 11.7. The predicted molar refractivity (Wildman–Crippen MR) is 139 cm³/mol. The highest BCUT2D eigenvalue weighted by Crippen LogP contribution is 2.34. The van der Waals surface area contributed by atoms with E-state index >= 15 is 0 Å². The second-order valence-corrected chi connectivity index (χ2v) is 9.08. The third kappa shape index (κ3) is 5.45. The molecule has 4 N–H and O–H groups in total. The van der Waals surface area contributed by atoms with E-state index in [9.17, 15) is 9.59 Å². The van der Waals surface area contributed by atoms with Crippen LogP contribution in [0.3, 0.4) is 0 Å². The van der Waals surface area contributed by atoms with Gasteiger partial charge in [-0.1, -0.05) is 24.9 Å². The van der Waals surface area contributed by atoms with E-state index in [0.717, 1.165) is 52.7 Å². The Morgan fingerprint density at radius 3 is 2.52 bits per heavy atom. The molecule has 0 saturated heterocycles. The molecule has 6 nitrogen and oxygen atoms in total. The van der Waals surface area contributed by atoms with Crippen LogP contribution in [0.25, 0.3) is 10.9 Å². The number of nitrogens with zero attached hydrogens (tertiary/aromatic N) is 1. The Morgan fingerprint density at radius 1 is 1.21 bits per heavy atom. The van der Waals surface area contributed by atoms with Crippen molar-refractivity contribution in [3.8, 4) is 0 Å². The number of hydrogen-bond donors (Lipinski definition) is 3. The smallest absolute Gasteiger partial charge is 0.253 e. The lowest BCUT2D eigenvalue weighted by atomic mass is 10.0. The molecule has 0 fully saturated rings. The Labute approximate surface area is 206 Å². The standard InChI is InChI=1S/C25H33ClN4O2.ClH/c1-6-7-17-10-15(4)29-25(32)20(17)13-28-24(31)19-11-18(26)12-22-23(19)16(5)21(8-9-27)30(22)14(2)3;/h10-12,14H,6-9,13,27H2,1-5H3,(H,28,31)(H,29,32);1H. The lowest BCUT2D eigenvalue weighted by Crippen LogP contribution is -2.28. The highest BCUT2D eigenvalue weighted by molar-refractivity contribution is 6.32. The minimum atomic E-state index is -0.247. The Kier molecular flexibility index (Phi) is 9.18. The molecule has 33 heavy (non-hydrogen) atoms. The first-order chi connectivity index (χ1) is 15.2. The predicted octanol–water partition coefficient (Wildman–Crippen LogP) is 4.99. The van der Waals surface area contributed by atoms with E-state index in [1.807, 2.05) is 26.0 Å². The first kappa shape index (κ1) is 27.0. The van der Waals surface area contributed by atoms with Gasteiger partial charge in [-0.25, -0.2) is 0 Å². The van der Waals surface area contributed by atoms with E-state index in [2.05, 4.69) is 35.6 Å². The number of fused-ring (bicyclic) bond motifs is 1. The van der Waals surface area contributed by atoms with Gasteiger partial charge in [-0.15, -0.1) is 12.4 Å². The molecule has 0 saturated carbocycles. The van der Waals surface area contributed by atoms with Crippen LogP contribution in [-0.4, -0.2) is 22.0 Å². The summed E-state index contributed by atoms with van der Waals surface area (Å²) in [7, 11) is 0. The van der Waals surface area contributed by atoms with E-state index in [-0.39, 0.29) is 36.5 Å². The fourth-order valence-corrected chi connectivity index (χ4v) is 4.81. The summed E-state index contributed by atoms with van der Waals surface area (Å²) in [5.74, 6) is -0.247. The van der Waals surface area contributed by atoms with Crippen molar-refractivity contribution >= 4 is 40.8 Å². The van der Waals surface area contributed by atoms with Crippen LogP contribution < -0.4 is 16.6 Å².